The maximum Gasteiger partial charge on any atom is 0.290 e. The van der Waals surface area contributed by atoms with Gasteiger partial charge in [0, 0.05) is 25.4 Å². The SMILES string of the molecule is COc1c(NC(=O)C2CC(=O)N(Cc3ccccn3)C2)ccnc1C.O=CO. The molecule has 1 unspecified atom stereocenters. The van der Waals surface area contributed by atoms with Gasteiger partial charge >= 0.3 is 0 Å². The number of ether oxygens (including phenoxy) is 1. The van der Waals surface area contributed by atoms with E-state index in [2.05, 4.69) is 15.3 Å². The first-order valence-corrected chi connectivity index (χ1v) is 8.56. The maximum absolute atomic E-state index is 12.6. The Labute approximate surface area is 162 Å². The summed E-state index contributed by atoms with van der Waals surface area (Å²) in [6.45, 7) is 2.36. The second-order valence-corrected chi connectivity index (χ2v) is 6.07. The fraction of sp³-hybridized carbons (Fsp3) is 0.316. The maximum atomic E-state index is 12.6. The van der Waals surface area contributed by atoms with Crippen LogP contribution < -0.4 is 10.1 Å². The summed E-state index contributed by atoms with van der Waals surface area (Å²) >= 11 is 0. The number of carboxylic acid groups (broad SMARTS) is 1. The molecule has 28 heavy (non-hydrogen) atoms. The van der Waals surface area contributed by atoms with Crippen LogP contribution in [0.2, 0.25) is 0 Å². The molecular weight excluding hydrogens is 364 g/mol. The van der Waals surface area contributed by atoms with E-state index >= 15 is 0 Å². The first-order valence-electron chi connectivity index (χ1n) is 8.56. The van der Waals surface area contributed by atoms with E-state index in [9.17, 15) is 9.59 Å². The van der Waals surface area contributed by atoms with Crippen molar-refractivity contribution in [3.8, 4) is 5.75 Å². The molecule has 0 aromatic carbocycles. The van der Waals surface area contributed by atoms with E-state index < -0.39 is 5.92 Å². The molecule has 0 aliphatic carbocycles. The zero-order chi connectivity index (χ0) is 20.5. The van der Waals surface area contributed by atoms with Crippen LogP contribution in [0.5, 0.6) is 5.75 Å². The van der Waals surface area contributed by atoms with E-state index in [1.807, 2.05) is 25.1 Å². The Morgan fingerprint density at radius 3 is 2.75 bits per heavy atom. The molecule has 1 aliphatic heterocycles. The lowest BCUT2D eigenvalue weighted by molar-refractivity contribution is -0.128. The molecule has 0 saturated carbocycles. The van der Waals surface area contributed by atoms with Gasteiger partial charge in [-0.3, -0.25) is 24.4 Å². The number of likely N-dealkylation sites (tertiary alicyclic amines) is 1. The normalized spacial score (nSPS) is 15.4. The van der Waals surface area contributed by atoms with Gasteiger partial charge in [0.2, 0.25) is 11.8 Å². The number of nitrogens with one attached hydrogen (secondary N) is 1. The predicted octanol–water partition coefficient (Wildman–Crippen LogP) is 1.48. The van der Waals surface area contributed by atoms with Crippen LogP contribution >= 0.6 is 0 Å². The number of nitrogens with zero attached hydrogens (tertiary/aromatic N) is 3. The van der Waals surface area contributed by atoms with Crippen LogP contribution in [0.4, 0.5) is 5.69 Å². The number of carbonyl (C=O) groups excluding carboxylic acids is 2. The van der Waals surface area contributed by atoms with Gasteiger partial charge in [0.1, 0.15) is 0 Å². The van der Waals surface area contributed by atoms with Crippen LogP contribution in [0.15, 0.2) is 36.7 Å². The average Bonchev–Trinajstić information content (AvgIpc) is 3.04. The predicted molar refractivity (Wildman–Crippen MR) is 101 cm³/mol. The minimum atomic E-state index is -0.394. The van der Waals surface area contributed by atoms with Crippen molar-refractivity contribution < 1.29 is 24.2 Å². The molecule has 3 heterocycles. The van der Waals surface area contributed by atoms with Crippen LogP contribution in [0.1, 0.15) is 17.8 Å². The van der Waals surface area contributed by atoms with E-state index in [1.165, 1.54) is 7.11 Å². The molecule has 0 spiro atoms. The Hall–Kier alpha value is -3.49. The molecule has 3 rings (SSSR count). The van der Waals surface area contributed by atoms with Crippen molar-refractivity contribution in [1.82, 2.24) is 14.9 Å². The minimum absolute atomic E-state index is 0.0383. The fourth-order valence-electron chi connectivity index (χ4n) is 2.93. The first-order chi connectivity index (χ1) is 13.5. The summed E-state index contributed by atoms with van der Waals surface area (Å²) < 4.78 is 5.30. The molecule has 2 N–H and O–H groups in total. The van der Waals surface area contributed by atoms with Crippen molar-refractivity contribution in [1.29, 1.82) is 0 Å². The summed E-state index contributed by atoms with van der Waals surface area (Å²) in [7, 11) is 1.54. The van der Waals surface area contributed by atoms with Crippen molar-refractivity contribution in [3.05, 3.63) is 48.0 Å². The highest BCUT2D eigenvalue weighted by Crippen LogP contribution is 2.28. The molecule has 2 aromatic heterocycles. The van der Waals surface area contributed by atoms with Gasteiger partial charge in [0.15, 0.2) is 5.75 Å². The second kappa shape index (κ2) is 10.0. The molecule has 9 heteroatoms. The average molecular weight is 386 g/mol. The summed E-state index contributed by atoms with van der Waals surface area (Å²) in [5.74, 6) is -0.0932. The number of hydrogen-bond acceptors (Lipinski definition) is 6. The highest BCUT2D eigenvalue weighted by atomic mass is 16.5. The van der Waals surface area contributed by atoms with Crippen LogP contribution in [0, 0.1) is 12.8 Å². The van der Waals surface area contributed by atoms with Gasteiger partial charge in [-0.1, -0.05) is 6.07 Å². The van der Waals surface area contributed by atoms with Crippen molar-refractivity contribution in [2.45, 2.75) is 19.9 Å². The smallest absolute Gasteiger partial charge is 0.290 e. The molecule has 2 amide bonds. The standard InChI is InChI=1S/C18H20N4O3.CH2O2/c1-12-17(25-2)15(6-8-19-12)21-18(24)13-9-16(23)22(10-13)11-14-5-3-4-7-20-14;2-1-3/h3-8,13H,9-11H2,1-2H3,(H,19,21,24);1H,(H,2,3). The number of amides is 2. The summed E-state index contributed by atoms with van der Waals surface area (Å²) in [5, 5.41) is 9.74. The van der Waals surface area contributed by atoms with Crippen molar-refractivity contribution >= 4 is 24.0 Å². The monoisotopic (exact) mass is 386 g/mol. The second-order valence-electron chi connectivity index (χ2n) is 6.07. The topological polar surface area (TPSA) is 122 Å². The van der Waals surface area contributed by atoms with Crippen LogP contribution in [0.3, 0.4) is 0 Å². The van der Waals surface area contributed by atoms with Gasteiger partial charge in [-0.2, -0.15) is 0 Å². The number of anilines is 1. The molecule has 1 fully saturated rings. The number of pyridine rings is 2. The lowest BCUT2D eigenvalue weighted by atomic mass is 10.1. The van der Waals surface area contributed by atoms with Gasteiger partial charge in [0.25, 0.3) is 6.47 Å². The van der Waals surface area contributed by atoms with Crippen LogP contribution in [-0.2, 0) is 20.9 Å². The summed E-state index contributed by atoms with van der Waals surface area (Å²) in [4.78, 5) is 43.2. The fourth-order valence-corrected chi connectivity index (χ4v) is 2.93. The third-order valence-corrected chi connectivity index (χ3v) is 4.21. The Kier molecular flexibility index (Phi) is 7.44. The van der Waals surface area contributed by atoms with E-state index in [1.54, 1.807) is 23.4 Å². The zero-order valence-corrected chi connectivity index (χ0v) is 15.7. The molecule has 1 atom stereocenters. The lowest BCUT2D eigenvalue weighted by Crippen LogP contribution is -2.28. The van der Waals surface area contributed by atoms with Crippen LogP contribution in [0.25, 0.3) is 0 Å². The Morgan fingerprint density at radius 2 is 2.11 bits per heavy atom. The molecule has 0 bridgehead atoms. The van der Waals surface area contributed by atoms with E-state index in [0.717, 1.165) is 5.69 Å². The van der Waals surface area contributed by atoms with E-state index in [-0.39, 0.29) is 24.7 Å². The van der Waals surface area contributed by atoms with E-state index in [0.29, 0.717) is 30.2 Å². The third kappa shape index (κ3) is 5.26. The summed E-state index contributed by atoms with van der Waals surface area (Å²) in [6.07, 6.45) is 3.50. The number of hydrogen-bond donors (Lipinski definition) is 2. The molecule has 148 valence electrons. The number of aryl methyl sites for hydroxylation is 1. The van der Waals surface area contributed by atoms with Crippen molar-refractivity contribution in [2.24, 2.45) is 5.92 Å². The van der Waals surface area contributed by atoms with Gasteiger partial charge in [0.05, 0.1) is 36.6 Å². The molecular formula is C19H22N4O5. The molecule has 1 saturated heterocycles. The van der Waals surface area contributed by atoms with Gasteiger partial charge in [-0.25, -0.2) is 0 Å². The number of carbonyl (C=O) groups is 3. The quantitative estimate of drug-likeness (QED) is 0.747. The molecule has 9 nitrogen and oxygen atoms in total. The largest absolute Gasteiger partial charge is 0.493 e. The molecule has 2 aromatic rings. The number of aromatic nitrogens is 2. The number of rotatable bonds is 5. The van der Waals surface area contributed by atoms with E-state index in [4.69, 9.17) is 14.6 Å². The lowest BCUT2D eigenvalue weighted by Gasteiger charge is -2.17. The zero-order valence-electron chi connectivity index (χ0n) is 15.7. The highest BCUT2D eigenvalue weighted by molar-refractivity contribution is 5.98. The molecule has 0 radical (unpaired) electrons. The Morgan fingerprint density at radius 1 is 1.36 bits per heavy atom. The summed E-state index contributed by atoms with van der Waals surface area (Å²) in [5.41, 5.74) is 2.07. The summed E-state index contributed by atoms with van der Waals surface area (Å²) in [6, 6.07) is 7.26. The van der Waals surface area contributed by atoms with Gasteiger partial charge in [-0.15, -0.1) is 0 Å². The van der Waals surface area contributed by atoms with Crippen molar-refractivity contribution in [2.75, 3.05) is 19.0 Å². The Balaban J connectivity index is 0.000000878. The highest BCUT2D eigenvalue weighted by Gasteiger charge is 2.34. The first kappa shape index (κ1) is 20.8. The van der Waals surface area contributed by atoms with Crippen LogP contribution in [-0.4, -0.2) is 51.9 Å². The van der Waals surface area contributed by atoms with Crippen molar-refractivity contribution in [3.63, 3.8) is 0 Å². The minimum Gasteiger partial charge on any atom is -0.493 e. The molecule has 1 aliphatic rings. The van der Waals surface area contributed by atoms with Gasteiger partial charge < -0.3 is 20.1 Å². The van der Waals surface area contributed by atoms with Gasteiger partial charge in [-0.05, 0) is 25.1 Å². The number of methoxy groups -OCH3 is 1. The Bertz CT molecular complexity index is 828. The third-order valence-electron chi connectivity index (χ3n) is 4.21.